The first-order valence-corrected chi connectivity index (χ1v) is 12.7. The van der Waals surface area contributed by atoms with Crippen molar-refractivity contribution in [2.75, 3.05) is 0 Å². The molecule has 32 heavy (non-hydrogen) atoms. The molecule has 1 aromatic carbocycles. The minimum absolute atomic E-state index is 0.00857. The number of hydrogen-bond donors (Lipinski definition) is 2. The van der Waals surface area contributed by atoms with Gasteiger partial charge in [0.15, 0.2) is 0 Å². The van der Waals surface area contributed by atoms with Gasteiger partial charge in [-0.2, -0.15) is 0 Å². The Kier molecular flexibility index (Phi) is 6.11. The van der Waals surface area contributed by atoms with Crippen LogP contribution < -0.4 is 10.6 Å². The third-order valence-corrected chi connectivity index (χ3v) is 8.44. The molecule has 2 amide bonds. The Bertz CT molecular complexity index is 906. The van der Waals surface area contributed by atoms with E-state index < -0.39 is 0 Å². The van der Waals surface area contributed by atoms with E-state index in [2.05, 4.69) is 36.3 Å². The molecule has 3 fully saturated rings. The molecule has 5 rings (SSSR count). The topological polar surface area (TPSA) is 61.4 Å². The summed E-state index contributed by atoms with van der Waals surface area (Å²) >= 11 is 0. The largest absolute Gasteiger partial charge is 0.329 e. The highest BCUT2D eigenvalue weighted by Gasteiger charge is 2.38. The van der Waals surface area contributed by atoms with Gasteiger partial charge in [-0.05, 0) is 80.9 Å². The fourth-order valence-electron chi connectivity index (χ4n) is 6.22. The quantitative estimate of drug-likeness (QED) is 0.700. The van der Waals surface area contributed by atoms with Crippen molar-refractivity contribution in [2.24, 2.45) is 11.8 Å². The summed E-state index contributed by atoms with van der Waals surface area (Å²) in [5, 5.41) is 6.82. The molecule has 4 atom stereocenters. The zero-order valence-corrected chi connectivity index (χ0v) is 19.4. The summed E-state index contributed by atoms with van der Waals surface area (Å²) < 4.78 is 0. The van der Waals surface area contributed by atoms with E-state index in [1.54, 1.807) is 4.90 Å². The second-order valence-corrected chi connectivity index (χ2v) is 10.6. The van der Waals surface area contributed by atoms with Gasteiger partial charge in [0.2, 0.25) is 5.91 Å². The minimum atomic E-state index is -0.385. The van der Waals surface area contributed by atoms with Gasteiger partial charge in [-0.25, -0.2) is 0 Å². The van der Waals surface area contributed by atoms with Gasteiger partial charge in [0.05, 0.1) is 0 Å². The molecule has 172 valence electrons. The highest BCUT2D eigenvalue weighted by molar-refractivity contribution is 6.01. The van der Waals surface area contributed by atoms with Crippen LogP contribution in [0.4, 0.5) is 0 Å². The van der Waals surface area contributed by atoms with Crippen LogP contribution in [0, 0.1) is 11.8 Å². The number of carbonyl (C=O) groups is 2. The number of allylic oxidation sites excluding steroid dienone is 1. The molecule has 0 bridgehead atoms. The van der Waals surface area contributed by atoms with E-state index in [1.165, 1.54) is 50.5 Å². The van der Waals surface area contributed by atoms with E-state index in [-0.39, 0.29) is 17.9 Å². The van der Waals surface area contributed by atoms with Crippen LogP contribution >= 0.6 is 0 Å². The lowest BCUT2D eigenvalue weighted by molar-refractivity contribution is -0.126. The van der Waals surface area contributed by atoms with Crippen LogP contribution in [-0.4, -0.2) is 34.8 Å². The molecule has 2 aliphatic carbocycles. The van der Waals surface area contributed by atoms with Gasteiger partial charge >= 0.3 is 0 Å². The molecule has 2 N–H and O–H groups in total. The number of nitrogens with zero attached hydrogens (tertiary/aromatic N) is 1. The highest BCUT2D eigenvalue weighted by atomic mass is 16.2. The lowest BCUT2D eigenvalue weighted by atomic mass is 9.77. The van der Waals surface area contributed by atoms with Gasteiger partial charge in [0.25, 0.3) is 5.91 Å². The maximum Gasteiger partial charge on any atom is 0.255 e. The van der Waals surface area contributed by atoms with E-state index in [9.17, 15) is 9.59 Å². The van der Waals surface area contributed by atoms with Crippen molar-refractivity contribution in [3.8, 4) is 0 Å². The molecule has 0 aromatic heterocycles. The Morgan fingerprint density at radius 1 is 1.12 bits per heavy atom. The molecule has 5 nitrogen and oxygen atoms in total. The highest BCUT2D eigenvalue weighted by Crippen LogP contribution is 2.34. The molecular formula is C27H37N3O2. The first kappa shape index (κ1) is 21.7. The van der Waals surface area contributed by atoms with Gasteiger partial charge in [-0.3, -0.25) is 9.59 Å². The SMILES string of the molecule is C=C1CCC(N2Cc3cc(C[C@H]4CCCC[C@@H]4N[C@H](C)C4CCC4)ccc3C2=O)C(=O)N1. The fraction of sp³-hybridized carbons (Fsp3) is 0.630. The van der Waals surface area contributed by atoms with E-state index in [1.807, 2.05) is 6.07 Å². The molecule has 1 saturated heterocycles. The van der Waals surface area contributed by atoms with E-state index in [0.29, 0.717) is 31.0 Å². The van der Waals surface area contributed by atoms with Gasteiger partial charge in [-0.1, -0.05) is 38.0 Å². The predicted molar refractivity (Wildman–Crippen MR) is 126 cm³/mol. The molecular weight excluding hydrogens is 398 g/mol. The van der Waals surface area contributed by atoms with Gasteiger partial charge in [0, 0.05) is 29.9 Å². The Hall–Kier alpha value is -2.14. The molecule has 5 heteroatoms. The van der Waals surface area contributed by atoms with Crippen molar-refractivity contribution in [3.63, 3.8) is 0 Å². The van der Waals surface area contributed by atoms with Crippen LogP contribution in [0.1, 0.15) is 86.2 Å². The summed E-state index contributed by atoms with van der Waals surface area (Å²) in [5.74, 6) is 1.42. The number of hydrogen-bond acceptors (Lipinski definition) is 3. The minimum Gasteiger partial charge on any atom is -0.329 e. The predicted octanol–water partition coefficient (Wildman–Crippen LogP) is 4.31. The Morgan fingerprint density at radius 2 is 1.94 bits per heavy atom. The number of carbonyl (C=O) groups excluding carboxylic acids is 2. The Balaban J connectivity index is 1.26. The standard InChI is InChI=1S/C27H37N3O2/c1-17-10-13-25(26(31)28-17)30-16-22-15-19(11-12-23(22)27(30)32)14-21-6-3-4-9-24(21)29-18(2)20-7-5-8-20/h11-12,15,18,20-21,24-25,29H,1,3-10,13-14,16H2,2H3,(H,28,31)/t18-,21-,24+,25?/m1/s1. The lowest BCUT2D eigenvalue weighted by Crippen LogP contribution is -2.49. The van der Waals surface area contributed by atoms with Crippen LogP contribution in [0.5, 0.6) is 0 Å². The van der Waals surface area contributed by atoms with Gasteiger partial charge in [0.1, 0.15) is 6.04 Å². The van der Waals surface area contributed by atoms with Crippen LogP contribution in [0.15, 0.2) is 30.5 Å². The van der Waals surface area contributed by atoms with Crippen LogP contribution in [0.25, 0.3) is 0 Å². The number of fused-ring (bicyclic) bond motifs is 1. The second kappa shape index (κ2) is 9.01. The van der Waals surface area contributed by atoms with Crippen LogP contribution in [0.3, 0.4) is 0 Å². The van der Waals surface area contributed by atoms with Crippen molar-refractivity contribution < 1.29 is 9.59 Å². The summed E-state index contributed by atoms with van der Waals surface area (Å²) in [4.78, 5) is 27.2. The summed E-state index contributed by atoms with van der Waals surface area (Å²) in [7, 11) is 0. The maximum atomic E-state index is 13.0. The lowest BCUT2D eigenvalue weighted by Gasteiger charge is -2.39. The average molecular weight is 436 g/mol. The second-order valence-electron chi connectivity index (χ2n) is 10.6. The van der Waals surface area contributed by atoms with Crippen molar-refractivity contribution in [1.29, 1.82) is 0 Å². The number of benzene rings is 1. The first-order chi connectivity index (χ1) is 15.5. The van der Waals surface area contributed by atoms with Crippen molar-refractivity contribution in [2.45, 2.75) is 95.8 Å². The monoisotopic (exact) mass is 435 g/mol. The molecule has 2 saturated carbocycles. The van der Waals surface area contributed by atoms with Crippen molar-refractivity contribution >= 4 is 11.8 Å². The van der Waals surface area contributed by atoms with E-state index >= 15 is 0 Å². The number of rotatable bonds is 6. The average Bonchev–Trinajstić information content (AvgIpc) is 3.04. The zero-order valence-electron chi connectivity index (χ0n) is 19.4. The molecule has 1 unspecified atom stereocenters. The Labute approximate surface area is 192 Å². The maximum absolute atomic E-state index is 13.0. The number of piperidine rings is 1. The van der Waals surface area contributed by atoms with Crippen molar-refractivity contribution in [3.05, 3.63) is 47.2 Å². The molecule has 2 heterocycles. The van der Waals surface area contributed by atoms with Crippen molar-refractivity contribution in [1.82, 2.24) is 15.5 Å². The van der Waals surface area contributed by atoms with Crippen LogP contribution in [-0.2, 0) is 17.8 Å². The zero-order chi connectivity index (χ0) is 22.2. The van der Waals surface area contributed by atoms with Crippen LogP contribution in [0.2, 0.25) is 0 Å². The smallest absolute Gasteiger partial charge is 0.255 e. The van der Waals surface area contributed by atoms with E-state index in [4.69, 9.17) is 0 Å². The summed E-state index contributed by atoms with van der Waals surface area (Å²) in [6.07, 6.45) is 11.8. The molecule has 2 aliphatic heterocycles. The normalized spacial score (nSPS) is 29.5. The number of amides is 2. The van der Waals surface area contributed by atoms with E-state index in [0.717, 1.165) is 35.6 Å². The molecule has 0 radical (unpaired) electrons. The first-order valence-electron chi connectivity index (χ1n) is 12.7. The van der Waals surface area contributed by atoms with Gasteiger partial charge < -0.3 is 15.5 Å². The summed E-state index contributed by atoms with van der Waals surface area (Å²) in [5.41, 5.74) is 3.92. The van der Waals surface area contributed by atoms with Gasteiger partial charge in [-0.15, -0.1) is 0 Å². The third kappa shape index (κ3) is 4.24. The Morgan fingerprint density at radius 3 is 2.69 bits per heavy atom. The summed E-state index contributed by atoms with van der Waals surface area (Å²) in [6.45, 7) is 6.77. The number of nitrogens with one attached hydrogen (secondary N) is 2. The molecule has 1 aromatic rings. The fourth-order valence-corrected chi connectivity index (χ4v) is 6.22. The summed E-state index contributed by atoms with van der Waals surface area (Å²) in [6, 6.07) is 7.21. The molecule has 0 spiro atoms. The molecule has 4 aliphatic rings. The third-order valence-electron chi connectivity index (χ3n) is 8.44.